The number of aromatic nitrogens is 2. The fraction of sp³-hybridized carbons (Fsp3) is 0.286. The third kappa shape index (κ3) is 3.83. The molecule has 1 heterocycles. The summed E-state index contributed by atoms with van der Waals surface area (Å²) in [4.78, 5) is 22.6. The second-order valence-electron chi connectivity index (χ2n) is 4.33. The van der Waals surface area contributed by atoms with Gasteiger partial charge in [0.15, 0.2) is 0 Å². The Balaban J connectivity index is 1.91. The van der Waals surface area contributed by atoms with Crippen LogP contribution in [0.1, 0.15) is 5.56 Å². The van der Waals surface area contributed by atoms with Gasteiger partial charge in [-0.05, 0) is 30.7 Å². The Labute approximate surface area is 115 Å². The second kappa shape index (κ2) is 6.72. The largest absolute Gasteiger partial charge is 0.492 e. The van der Waals surface area contributed by atoms with E-state index in [1.54, 1.807) is 0 Å². The minimum Gasteiger partial charge on any atom is -0.492 e. The highest BCUT2D eigenvalue weighted by molar-refractivity contribution is 5.27. The first-order chi connectivity index (χ1) is 9.69. The molecule has 3 N–H and O–H groups in total. The van der Waals surface area contributed by atoms with Crippen LogP contribution in [0.2, 0.25) is 0 Å². The maximum atomic E-state index is 11.5. The van der Waals surface area contributed by atoms with Gasteiger partial charge < -0.3 is 10.5 Å². The number of hydrogen-bond acceptors (Lipinski definition) is 4. The highest BCUT2D eigenvalue weighted by Gasteiger charge is 1.98. The van der Waals surface area contributed by atoms with Crippen molar-refractivity contribution >= 4 is 0 Å². The van der Waals surface area contributed by atoms with Crippen molar-refractivity contribution in [3.05, 3.63) is 62.7 Å². The Morgan fingerprint density at radius 2 is 1.85 bits per heavy atom. The van der Waals surface area contributed by atoms with Gasteiger partial charge in [0, 0.05) is 12.1 Å². The van der Waals surface area contributed by atoms with Gasteiger partial charge in [-0.1, -0.05) is 12.1 Å². The summed E-state index contributed by atoms with van der Waals surface area (Å²) in [5.74, 6) is 0.720. The number of nitrogens with zero attached hydrogens (tertiary/aromatic N) is 1. The molecule has 1 aromatic carbocycles. The lowest BCUT2D eigenvalue weighted by Gasteiger charge is -2.08. The van der Waals surface area contributed by atoms with Gasteiger partial charge in [-0.25, -0.2) is 4.68 Å². The van der Waals surface area contributed by atoms with E-state index >= 15 is 0 Å². The highest BCUT2D eigenvalue weighted by atomic mass is 16.5. The monoisotopic (exact) mass is 275 g/mol. The number of H-pyrrole nitrogens is 1. The first kappa shape index (κ1) is 14.1. The minimum atomic E-state index is -0.310. The maximum Gasteiger partial charge on any atom is 0.265 e. The minimum absolute atomic E-state index is 0.258. The van der Waals surface area contributed by atoms with Crippen molar-refractivity contribution in [1.29, 1.82) is 0 Å². The quantitative estimate of drug-likeness (QED) is 0.783. The predicted octanol–water partition coefficient (Wildman–Crippen LogP) is 0.117. The molecule has 0 aliphatic heterocycles. The maximum absolute atomic E-state index is 11.5. The summed E-state index contributed by atoms with van der Waals surface area (Å²) in [5, 5.41) is 2.44. The summed E-state index contributed by atoms with van der Waals surface area (Å²) < 4.78 is 6.75. The Hall–Kier alpha value is -2.34. The molecular weight excluding hydrogens is 258 g/mol. The molecule has 1 aromatic heterocycles. The van der Waals surface area contributed by atoms with Crippen LogP contribution in [0.15, 0.2) is 46.0 Å². The van der Waals surface area contributed by atoms with Gasteiger partial charge in [-0.15, -0.1) is 0 Å². The molecule has 0 atom stereocenters. The van der Waals surface area contributed by atoms with Crippen LogP contribution in [0, 0.1) is 0 Å². The van der Waals surface area contributed by atoms with Crippen LogP contribution in [0.5, 0.6) is 5.75 Å². The Morgan fingerprint density at radius 1 is 1.10 bits per heavy atom. The van der Waals surface area contributed by atoms with Crippen molar-refractivity contribution < 1.29 is 4.74 Å². The van der Waals surface area contributed by atoms with Crippen LogP contribution in [0.4, 0.5) is 0 Å². The number of rotatable bonds is 6. The molecule has 0 saturated heterocycles. The van der Waals surface area contributed by atoms with Gasteiger partial charge in [-0.2, -0.15) is 0 Å². The van der Waals surface area contributed by atoms with Gasteiger partial charge >= 0.3 is 0 Å². The van der Waals surface area contributed by atoms with Gasteiger partial charge in [0.1, 0.15) is 12.4 Å². The molecule has 0 spiro atoms. The molecule has 0 saturated carbocycles. The summed E-state index contributed by atoms with van der Waals surface area (Å²) in [6, 6.07) is 10.1. The van der Waals surface area contributed by atoms with Crippen LogP contribution in [0.3, 0.4) is 0 Å². The van der Waals surface area contributed by atoms with Crippen molar-refractivity contribution in [3.63, 3.8) is 0 Å². The molecule has 0 fully saturated rings. The smallest absolute Gasteiger partial charge is 0.265 e. The first-order valence-electron chi connectivity index (χ1n) is 6.41. The van der Waals surface area contributed by atoms with Crippen LogP contribution >= 0.6 is 0 Å². The molecule has 0 aliphatic rings. The zero-order valence-electron chi connectivity index (χ0n) is 11.0. The summed E-state index contributed by atoms with van der Waals surface area (Å²) >= 11 is 0. The fourth-order valence-corrected chi connectivity index (χ4v) is 1.80. The van der Waals surface area contributed by atoms with E-state index in [1.807, 2.05) is 24.3 Å². The van der Waals surface area contributed by atoms with Crippen LogP contribution < -0.4 is 21.6 Å². The summed E-state index contributed by atoms with van der Waals surface area (Å²) in [7, 11) is 0. The van der Waals surface area contributed by atoms with Crippen molar-refractivity contribution in [3.8, 4) is 5.75 Å². The third-order valence-electron chi connectivity index (χ3n) is 2.83. The van der Waals surface area contributed by atoms with E-state index in [2.05, 4.69) is 5.10 Å². The van der Waals surface area contributed by atoms with E-state index in [4.69, 9.17) is 10.5 Å². The summed E-state index contributed by atoms with van der Waals surface area (Å²) in [6.45, 7) is 1.21. The molecule has 0 bridgehead atoms. The van der Waals surface area contributed by atoms with Crippen LogP contribution in [-0.4, -0.2) is 22.9 Å². The van der Waals surface area contributed by atoms with E-state index < -0.39 is 0 Å². The van der Waals surface area contributed by atoms with Crippen LogP contribution in [-0.2, 0) is 13.0 Å². The zero-order valence-corrected chi connectivity index (χ0v) is 11.0. The molecule has 6 nitrogen and oxygen atoms in total. The molecule has 0 aliphatic carbocycles. The lowest BCUT2D eigenvalue weighted by atomic mass is 10.1. The normalized spacial score (nSPS) is 10.4. The van der Waals surface area contributed by atoms with E-state index in [0.29, 0.717) is 19.7 Å². The van der Waals surface area contributed by atoms with Crippen molar-refractivity contribution in [2.24, 2.45) is 5.73 Å². The summed E-state index contributed by atoms with van der Waals surface area (Å²) in [6.07, 6.45) is 0.834. The Bertz CT molecular complexity index is 658. The van der Waals surface area contributed by atoms with E-state index in [-0.39, 0.29) is 11.1 Å². The van der Waals surface area contributed by atoms with Gasteiger partial charge in [0.05, 0.1) is 6.54 Å². The molecule has 106 valence electrons. The SMILES string of the molecule is NCCc1ccc(OCCn2[nH]c(=O)ccc2=O)cc1. The number of aromatic amines is 1. The zero-order chi connectivity index (χ0) is 14.4. The molecule has 0 radical (unpaired) electrons. The average molecular weight is 275 g/mol. The van der Waals surface area contributed by atoms with E-state index in [9.17, 15) is 9.59 Å². The predicted molar refractivity (Wildman–Crippen MR) is 76.0 cm³/mol. The molecule has 6 heteroatoms. The molecule has 2 aromatic rings. The number of nitrogens with two attached hydrogens (primary N) is 1. The molecule has 2 rings (SSSR count). The molecule has 0 amide bonds. The standard InChI is InChI=1S/C14H17N3O3/c15-8-7-11-1-3-12(4-2-11)20-10-9-17-14(19)6-5-13(18)16-17/h1-6H,7-10,15H2,(H,16,18). The van der Waals surface area contributed by atoms with Gasteiger partial charge in [-0.3, -0.25) is 14.7 Å². The lowest BCUT2D eigenvalue weighted by molar-refractivity contribution is 0.287. The Morgan fingerprint density at radius 3 is 2.55 bits per heavy atom. The number of nitrogens with one attached hydrogen (secondary N) is 1. The Kier molecular flexibility index (Phi) is 4.73. The van der Waals surface area contributed by atoms with Crippen molar-refractivity contribution in [1.82, 2.24) is 9.78 Å². The lowest BCUT2D eigenvalue weighted by Crippen LogP contribution is -2.29. The third-order valence-corrected chi connectivity index (χ3v) is 2.83. The van der Waals surface area contributed by atoms with Gasteiger partial charge in [0.25, 0.3) is 11.1 Å². The van der Waals surface area contributed by atoms with Crippen molar-refractivity contribution in [2.75, 3.05) is 13.2 Å². The molecule has 20 heavy (non-hydrogen) atoms. The van der Waals surface area contributed by atoms with E-state index in [0.717, 1.165) is 17.7 Å². The van der Waals surface area contributed by atoms with E-state index in [1.165, 1.54) is 16.8 Å². The second-order valence-corrected chi connectivity index (χ2v) is 4.33. The number of hydrogen-bond donors (Lipinski definition) is 2. The number of ether oxygens (including phenoxy) is 1. The first-order valence-corrected chi connectivity index (χ1v) is 6.41. The molecular formula is C14H17N3O3. The molecule has 0 unspecified atom stereocenters. The highest BCUT2D eigenvalue weighted by Crippen LogP contribution is 2.12. The average Bonchev–Trinajstić information content (AvgIpc) is 2.45. The van der Waals surface area contributed by atoms with Crippen LogP contribution in [0.25, 0.3) is 0 Å². The fourth-order valence-electron chi connectivity index (χ4n) is 1.80. The topological polar surface area (TPSA) is 90.1 Å². The van der Waals surface area contributed by atoms with Gasteiger partial charge in [0.2, 0.25) is 0 Å². The number of benzene rings is 1. The summed E-state index contributed by atoms with van der Waals surface area (Å²) in [5.41, 5.74) is 6.07. The van der Waals surface area contributed by atoms with Crippen molar-refractivity contribution in [2.45, 2.75) is 13.0 Å².